The molecule has 2 N–H and O–H groups in total. The molecule has 0 fully saturated rings. The zero-order valence-electron chi connectivity index (χ0n) is 10.2. The molecule has 1 heterocycles. The summed E-state index contributed by atoms with van der Waals surface area (Å²) in [5, 5.41) is 7.02. The highest BCUT2D eigenvalue weighted by molar-refractivity contribution is 9.08. The lowest BCUT2D eigenvalue weighted by Crippen LogP contribution is -2.27. The maximum Gasteiger partial charge on any atom is 0.241 e. The quantitative estimate of drug-likeness (QED) is 0.808. The minimum atomic E-state index is -3.56. The van der Waals surface area contributed by atoms with Crippen LogP contribution in [0.5, 0.6) is 0 Å². The summed E-state index contributed by atoms with van der Waals surface area (Å²) in [7, 11) is -3.56. The standard InChI is InChI=1S/C11H13BrN4O2S/c1-8(11-13-7-14-15-11)16-19(17,18)10-4-2-9(6-12)3-5-10/h2-5,7-8,16H,6H2,1H3,(H,13,14,15). The minimum Gasteiger partial charge on any atom is -0.262 e. The Kier molecular flexibility index (Phi) is 4.33. The fourth-order valence-electron chi connectivity index (χ4n) is 1.54. The molecule has 0 spiro atoms. The van der Waals surface area contributed by atoms with E-state index >= 15 is 0 Å². The number of hydrogen-bond acceptors (Lipinski definition) is 4. The Hall–Kier alpha value is -1.25. The lowest BCUT2D eigenvalue weighted by molar-refractivity contribution is 0.560. The normalized spacial score (nSPS) is 13.4. The highest BCUT2D eigenvalue weighted by atomic mass is 79.9. The maximum absolute atomic E-state index is 12.2. The molecule has 8 heteroatoms. The Bertz CT molecular complexity index is 625. The highest BCUT2D eigenvalue weighted by Crippen LogP contribution is 2.15. The van der Waals surface area contributed by atoms with Gasteiger partial charge in [-0.15, -0.1) is 0 Å². The number of rotatable bonds is 5. The van der Waals surface area contributed by atoms with Gasteiger partial charge in [0.05, 0.1) is 10.9 Å². The number of sulfonamides is 1. The highest BCUT2D eigenvalue weighted by Gasteiger charge is 2.19. The number of aromatic amines is 1. The van der Waals surface area contributed by atoms with Gasteiger partial charge in [-0.05, 0) is 24.6 Å². The first kappa shape index (κ1) is 14.2. The van der Waals surface area contributed by atoms with Crippen molar-refractivity contribution in [2.45, 2.75) is 23.2 Å². The molecule has 2 rings (SSSR count). The summed E-state index contributed by atoms with van der Waals surface area (Å²) in [5.41, 5.74) is 1.02. The first-order valence-corrected chi connectivity index (χ1v) is 8.16. The van der Waals surface area contributed by atoms with E-state index in [1.807, 2.05) is 0 Å². The van der Waals surface area contributed by atoms with Gasteiger partial charge < -0.3 is 0 Å². The molecular weight excluding hydrogens is 332 g/mol. The number of halogens is 1. The second-order valence-corrected chi connectivity index (χ2v) is 6.27. The third-order valence-electron chi connectivity index (χ3n) is 2.56. The van der Waals surface area contributed by atoms with Crippen molar-refractivity contribution in [2.24, 2.45) is 0 Å². The lowest BCUT2D eigenvalue weighted by Gasteiger charge is -2.11. The van der Waals surface area contributed by atoms with Crippen molar-refractivity contribution in [2.75, 3.05) is 0 Å². The van der Waals surface area contributed by atoms with Crippen LogP contribution in [-0.4, -0.2) is 23.6 Å². The second-order valence-electron chi connectivity index (χ2n) is 3.99. The summed E-state index contributed by atoms with van der Waals surface area (Å²) < 4.78 is 26.8. The van der Waals surface area contributed by atoms with Gasteiger partial charge in [-0.2, -0.15) is 5.10 Å². The van der Waals surface area contributed by atoms with Crippen LogP contribution in [0.1, 0.15) is 24.4 Å². The first-order chi connectivity index (χ1) is 9.03. The van der Waals surface area contributed by atoms with Gasteiger partial charge in [0.2, 0.25) is 10.0 Å². The van der Waals surface area contributed by atoms with Crippen molar-refractivity contribution in [3.05, 3.63) is 42.0 Å². The predicted octanol–water partition coefficient (Wildman–Crippen LogP) is 1.74. The van der Waals surface area contributed by atoms with E-state index in [9.17, 15) is 8.42 Å². The predicted molar refractivity (Wildman–Crippen MR) is 74.2 cm³/mol. The average Bonchev–Trinajstić information content (AvgIpc) is 2.92. The van der Waals surface area contributed by atoms with E-state index in [2.05, 4.69) is 35.8 Å². The summed E-state index contributed by atoms with van der Waals surface area (Å²) in [6, 6.07) is 6.21. The smallest absolute Gasteiger partial charge is 0.241 e. The molecule has 0 aliphatic carbocycles. The van der Waals surface area contributed by atoms with Crippen LogP contribution < -0.4 is 4.72 Å². The van der Waals surface area contributed by atoms with Crippen LogP contribution >= 0.6 is 15.9 Å². The minimum absolute atomic E-state index is 0.226. The van der Waals surface area contributed by atoms with Crippen LogP contribution in [0, 0.1) is 0 Å². The molecule has 0 bridgehead atoms. The summed E-state index contributed by atoms with van der Waals surface area (Å²) >= 11 is 3.31. The molecule has 0 saturated heterocycles. The molecule has 0 aliphatic heterocycles. The second kappa shape index (κ2) is 5.81. The molecular formula is C11H13BrN4O2S. The Morgan fingerprint density at radius 3 is 2.58 bits per heavy atom. The Labute approximate surface area is 119 Å². The van der Waals surface area contributed by atoms with Crippen LogP contribution in [0.15, 0.2) is 35.5 Å². The van der Waals surface area contributed by atoms with E-state index in [0.29, 0.717) is 11.2 Å². The topological polar surface area (TPSA) is 87.7 Å². The molecule has 102 valence electrons. The number of nitrogens with one attached hydrogen (secondary N) is 2. The fraction of sp³-hybridized carbons (Fsp3) is 0.273. The molecule has 1 unspecified atom stereocenters. The maximum atomic E-state index is 12.2. The van der Waals surface area contributed by atoms with Crippen molar-refractivity contribution in [3.63, 3.8) is 0 Å². The summed E-state index contributed by atoms with van der Waals surface area (Å²) in [4.78, 5) is 4.15. The summed E-state index contributed by atoms with van der Waals surface area (Å²) in [5.74, 6) is 0.473. The van der Waals surface area contributed by atoms with Gasteiger partial charge in [0.25, 0.3) is 0 Å². The zero-order chi connectivity index (χ0) is 13.9. The van der Waals surface area contributed by atoms with E-state index in [1.165, 1.54) is 6.33 Å². The van der Waals surface area contributed by atoms with Crippen LogP contribution in [0.4, 0.5) is 0 Å². The number of alkyl halides is 1. The molecule has 6 nitrogen and oxygen atoms in total. The van der Waals surface area contributed by atoms with Crippen LogP contribution in [0.25, 0.3) is 0 Å². The van der Waals surface area contributed by atoms with E-state index in [-0.39, 0.29) is 4.90 Å². The van der Waals surface area contributed by atoms with E-state index in [4.69, 9.17) is 0 Å². The molecule has 1 aromatic carbocycles. The summed E-state index contributed by atoms with van der Waals surface area (Å²) in [6.07, 6.45) is 1.34. The zero-order valence-corrected chi connectivity index (χ0v) is 12.6. The fourth-order valence-corrected chi connectivity index (χ4v) is 3.12. The van der Waals surface area contributed by atoms with Gasteiger partial charge in [-0.1, -0.05) is 28.1 Å². The van der Waals surface area contributed by atoms with Crippen molar-refractivity contribution >= 4 is 26.0 Å². The molecule has 0 saturated carbocycles. The molecule has 0 radical (unpaired) electrons. The Morgan fingerprint density at radius 2 is 2.05 bits per heavy atom. The van der Waals surface area contributed by atoms with Gasteiger partial charge in [0.15, 0.2) is 0 Å². The molecule has 19 heavy (non-hydrogen) atoms. The number of hydrogen-bond donors (Lipinski definition) is 2. The van der Waals surface area contributed by atoms with Crippen LogP contribution in [-0.2, 0) is 15.4 Å². The molecule has 1 aromatic heterocycles. The van der Waals surface area contributed by atoms with Gasteiger partial charge in [0.1, 0.15) is 12.2 Å². The van der Waals surface area contributed by atoms with Gasteiger partial charge >= 0.3 is 0 Å². The van der Waals surface area contributed by atoms with Crippen LogP contribution in [0.3, 0.4) is 0 Å². The van der Waals surface area contributed by atoms with Gasteiger partial charge in [-0.25, -0.2) is 18.1 Å². The van der Waals surface area contributed by atoms with Gasteiger partial charge in [0, 0.05) is 5.33 Å². The third-order valence-corrected chi connectivity index (χ3v) is 4.77. The van der Waals surface area contributed by atoms with E-state index < -0.39 is 16.1 Å². The number of benzene rings is 1. The Morgan fingerprint density at radius 1 is 1.37 bits per heavy atom. The largest absolute Gasteiger partial charge is 0.262 e. The van der Waals surface area contributed by atoms with Crippen molar-refractivity contribution < 1.29 is 8.42 Å². The first-order valence-electron chi connectivity index (χ1n) is 5.55. The summed E-state index contributed by atoms with van der Waals surface area (Å²) in [6.45, 7) is 1.70. The number of nitrogens with zero attached hydrogens (tertiary/aromatic N) is 2. The van der Waals surface area contributed by atoms with Gasteiger partial charge in [-0.3, -0.25) is 5.10 Å². The van der Waals surface area contributed by atoms with Crippen molar-refractivity contribution in [3.8, 4) is 0 Å². The SMILES string of the molecule is CC(NS(=O)(=O)c1ccc(CBr)cc1)c1ncn[nH]1. The molecule has 0 amide bonds. The molecule has 0 aliphatic rings. The van der Waals surface area contributed by atoms with Crippen LogP contribution in [0.2, 0.25) is 0 Å². The number of H-pyrrole nitrogens is 1. The lowest BCUT2D eigenvalue weighted by atomic mass is 10.2. The Balaban J connectivity index is 2.17. The van der Waals surface area contributed by atoms with Crippen molar-refractivity contribution in [1.82, 2.24) is 19.9 Å². The monoisotopic (exact) mass is 344 g/mol. The van der Waals surface area contributed by atoms with E-state index in [1.54, 1.807) is 31.2 Å². The molecule has 1 atom stereocenters. The number of aromatic nitrogens is 3. The average molecular weight is 345 g/mol. The van der Waals surface area contributed by atoms with E-state index in [0.717, 1.165) is 5.56 Å². The third kappa shape index (κ3) is 3.40. The van der Waals surface area contributed by atoms with Crippen molar-refractivity contribution in [1.29, 1.82) is 0 Å². The molecule has 2 aromatic rings.